The molecule has 1 aliphatic carbocycles. The average molecular weight is 301 g/mol. The van der Waals surface area contributed by atoms with E-state index in [2.05, 4.69) is 43.5 Å². The van der Waals surface area contributed by atoms with E-state index in [1.165, 1.54) is 0 Å². The van der Waals surface area contributed by atoms with E-state index in [1.807, 2.05) is 0 Å². The standard InChI is InChI=1S/C11H17BrN4O/c1-2-5-13-10-14-6-8(12)9(15-10)16-11(7-17)3-4-11/h6,17H,2-5,7H2,1H3,(H2,13,14,15,16). The predicted molar refractivity (Wildman–Crippen MR) is 71.2 cm³/mol. The van der Waals surface area contributed by atoms with Gasteiger partial charge in [0, 0.05) is 12.7 Å². The van der Waals surface area contributed by atoms with Gasteiger partial charge in [0.2, 0.25) is 5.95 Å². The van der Waals surface area contributed by atoms with Crippen molar-refractivity contribution in [2.45, 2.75) is 31.7 Å². The number of aliphatic hydroxyl groups is 1. The Kier molecular flexibility index (Phi) is 3.83. The van der Waals surface area contributed by atoms with Crippen LogP contribution in [0.4, 0.5) is 11.8 Å². The molecule has 5 nitrogen and oxygen atoms in total. The SMILES string of the molecule is CCCNc1ncc(Br)c(NC2(CO)CC2)n1. The molecule has 94 valence electrons. The molecular weight excluding hydrogens is 284 g/mol. The quantitative estimate of drug-likeness (QED) is 0.750. The Morgan fingerprint density at radius 2 is 2.29 bits per heavy atom. The number of hydrogen-bond acceptors (Lipinski definition) is 5. The van der Waals surface area contributed by atoms with Gasteiger partial charge in [-0.1, -0.05) is 6.92 Å². The maximum absolute atomic E-state index is 9.28. The van der Waals surface area contributed by atoms with Crippen molar-refractivity contribution in [2.75, 3.05) is 23.8 Å². The van der Waals surface area contributed by atoms with Gasteiger partial charge in [-0.05, 0) is 35.2 Å². The van der Waals surface area contributed by atoms with Gasteiger partial charge in [0.05, 0.1) is 16.6 Å². The summed E-state index contributed by atoms with van der Waals surface area (Å²) in [5.41, 5.74) is -0.168. The molecule has 0 radical (unpaired) electrons. The molecule has 6 heteroatoms. The number of nitrogens with one attached hydrogen (secondary N) is 2. The molecule has 1 saturated carbocycles. The van der Waals surface area contributed by atoms with Crippen molar-refractivity contribution in [3.63, 3.8) is 0 Å². The summed E-state index contributed by atoms with van der Waals surface area (Å²) in [5, 5.41) is 15.7. The van der Waals surface area contributed by atoms with Crippen LogP contribution in [0.5, 0.6) is 0 Å². The highest BCUT2D eigenvalue weighted by Gasteiger charge is 2.42. The summed E-state index contributed by atoms with van der Waals surface area (Å²) in [6.45, 7) is 3.09. The van der Waals surface area contributed by atoms with E-state index in [9.17, 15) is 5.11 Å². The fraction of sp³-hybridized carbons (Fsp3) is 0.636. The molecule has 1 fully saturated rings. The van der Waals surface area contributed by atoms with Gasteiger partial charge >= 0.3 is 0 Å². The first-order valence-electron chi connectivity index (χ1n) is 5.84. The molecule has 0 unspecified atom stereocenters. The van der Waals surface area contributed by atoms with E-state index in [1.54, 1.807) is 6.20 Å². The molecule has 1 aromatic heterocycles. The zero-order valence-corrected chi connectivity index (χ0v) is 11.4. The Hall–Kier alpha value is -0.880. The van der Waals surface area contributed by atoms with Crippen molar-refractivity contribution < 1.29 is 5.11 Å². The second-order valence-electron chi connectivity index (χ2n) is 4.38. The molecule has 1 aliphatic rings. The van der Waals surface area contributed by atoms with E-state index in [0.717, 1.165) is 36.1 Å². The van der Waals surface area contributed by atoms with Gasteiger partial charge in [-0.15, -0.1) is 0 Å². The van der Waals surface area contributed by atoms with Crippen molar-refractivity contribution in [2.24, 2.45) is 0 Å². The van der Waals surface area contributed by atoms with Gasteiger partial charge in [-0.3, -0.25) is 0 Å². The minimum Gasteiger partial charge on any atom is -0.394 e. The fourth-order valence-corrected chi connectivity index (χ4v) is 1.79. The van der Waals surface area contributed by atoms with E-state index in [0.29, 0.717) is 5.95 Å². The first kappa shape index (κ1) is 12.6. The molecule has 0 aromatic carbocycles. The summed E-state index contributed by atoms with van der Waals surface area (Å²) in [5.74, 6) is 1.36. The second kappa shape index (κ2) is 5.18. The smallest absolute Gasteiger partial charge is 0.224 e. The second-order valence-corrected chi connectivity index (χ2v) is 5.23. The van der Waals surface area contributed by atoms with Crippen LogP contribution in [0.1, 0.15) is 26.2 Å². The summed E-state index contributed by atoms with van der Waals surface area (Å²) in [4.78, 5) is 8.57. The minimum atomic E-state index is -0.168. The lowest BCUT2D eigenvalue weighted by atomic mass is 10.3. The van der Waals surface area contributed by atoms with E-state index in [-0.39, 0.29) is 12.1 Å². The molecule has 0 atom stereocenters. The lowest BCUT2D eigenvalue weighted by molar-refractivity contribution is 0.266. The van der Waals surface area contributed by atoms with Crippen molar-refractivity contribution in [1.29, 1.82) is 0 Å². The van der Waals surface area contributed by atoms with E-state index in [4.69, 9.17) is 0 Å². The molecule has 0 spiro atoms. The van der Waals surface area contributed by atoms with Gasteiger partial charge in [0.25, 0.3) is 0 Å². The van der Waals surface area contributed by atoms with Crippen molar-refractivity contribution in [1.82, 2.24) is 9.97 Å². The van der Waals surface area contributed by atoms with Crippen LogP contribution in [-0.2, 0) is 0 Å². The largest absolute Gasteiger partial charge is 0.394 e. The maximum Gasteiger partial charge on any atom is 0.224 e. The third-order valence-electron chi connectivity index (χ3n) is 2.82. The highest BCUT2D eigenvalue weighted by molar-refractivity contribution is 9.10. The summed E-state index contributed by atoms with van der Waals surface area (Å²) in [7, 11) is 0. The molecule has 1 aromatic rings. The summed E-state index contributed by atoms with van der Waals surface area (Å²) >= 11 is 3.41. The number of halogens is 1. The highest BCUT2D eigenvalue weighted by atomic mass is 79.9. The molecule has 1 heterocycles. The normalized spacial score (nSPS) is 16.6. The predicted octanol–water partition coefficient (Wildman–Crippen LogP) is 2.00. The van der Waals surface area contributed by atoms with Crippen LogP contribution in [-0.4, -0.2) is 33.8 Å². The topological polar surface area (TPSA) is 70.1 Å². The van der Waals surface area contributed by atoms with Crippen LogP contribution in [0.15, 0.2) is 10.7 Å². The Balaban J connectivity index is 2.09. The van der Waals surface area contributed by atoms with Crippen LogP contribution >= 0.6 is 15.9 Å². The Morgan fingerprint density at radius 1 is 1.53 bits per heavy atom. The third kappa shape index (κ3) is 3.07. The van der Waals surface area contributed by atoms with Crippen molar-refractivity contribution in [3.05, 3.63) is 10.7 Å². The Morgan fingerprint density at radius 3 is 2.88 bits per heavy atom. The number of aliphatic hydroxyl groups excluding tert-OH is 1. The van der Waals surface area contributed by atoms with E-state index >= 15 is 0 Å². The van der Waals surface area contributed by atoms with Crippen molar-refractivity contribution >= 4 is 27.7 Å². The first-order chi connectivity index (χ1) is 8.19. The maximum atomic E-state index is 9.28. The van der Waals surface area contributed by atoms with Crippen LogP contribution in [0.2, 0.25) is 0 Å². The lowest BCUT2D eigenvalue weighted by Gasteiger charge is -2.16. The molecule has 17 heavy (non-hydrogen) atoms. The number of hydrogen-bond donors (Lipinski definition) is 3. The average Bonchev–Trinajstić information content (AvgIpc) is 3.11. The zero-order valence-electron chi connectivity index (χ0n) is 9.83. The van der Waals surface area contributed by atoms with Crippen LogP contribution in [0, 0.1) is 0 Å². The van der Waals surface area contributed by atoms with Crippen LogP contribution < -0.4 is 10.6 Å². The molecular formula is C11H17BrN4O. The number of aromatic nitrogens is 2. The highest BCUT2D eigenvalue weighted by Crippen LogP contribution is 2.39. The number of nitrogens with zero attached hydrogens (tertiary/aromatic N) is 2. The molecule has 0 amide bonds. The molecule has 2 rings (SSSR count). The van der Waals surface area contributed by atoms with Gasteiger partial charge < -0.3 is 15.7 Å². The van der Waals surface area contributed by atoms with Gasteiger partial charge in [-0.2, -0.15) is 4.98 Å². The Labute approximate surface area is 109 Å². The van der Waals surface area contributed by atoms with E-state index < -0.39 is 0 Å². The van der Waals surface area contributed by atoms with Crippen LogP contribution in [0.25, 0.3) is 0 Å². The summed E-state index contributed by atoms with van der Waals surface area (Å²) in [6.07, 6.45) is 4.72. The minimum absolute atomic E-state index is 0.140. The van der Waals surface area contributed by atoms with Gasteiger partial charge in [0.1, 0.15) is 5.82 Å². The molecule has 0 aliphatic heterocycles. The monoisotopic (exact) mass is 300 g/mol. The number of anilines is 2. The number of rotatable bonds is 6. The fourth-order valence-electron chi connectivity index (χ4n) is 1.50. The third-order valence-corrected chi connectivity index (χ3v) is 3.40. The van der Waals surface area contributed by atoms with Crippen molar-refractivity contribution in [3.8, 4) is 0 Å². The first-order valence-corrected chi connectivity index (χ1v) is 6.64. The molecule has 0 saturated heterocycles. The zero-order chi connectivity index (χ0) is 12.3. The van der Waals surface area contributed by atoms with Gasteiger partial charge in [0.15, 0.2) is 0 Å². The lowest BCUT2D eigenvalue weighted by Crippen LogP contribution is -2.26. The molecule has 3 N–H and O–H groups in total. The Bertz CT molecular complexity index is 395. The summed E-state index contributed by atoms with van der Waals surface area (Å²) < 4.78 is 0.819. The van der Waals surface area contributed by atoms with Crippen LogP contribution in [0.3, 0.4) is 0 Å². The van der Waals surface area contributed by atoms with Gasteiger partial charge in [-0.25, -0.2) is 4.98 Å². The molecule has 0 bridgehead atoms. The summed E-state index contributed by atoms with van der Waals surface area (Å²) in [6, 6.07) is 0.